The fourth-order valence-electron chi connectivity index (χ4n) is 1.13. The number of nitrogens with zero attached hydrogens (tertiary/aromatic N) is 4. The lowest BCUT2D eigenvalue weighted by Gasteiger charge is -1.92. The van der Waals surface area contributed by atoms with E-state index in [1.54, 1.807) is 6.20 Å². The fraction of sp³-hybridized carbons (Fsp3) is 0.250. The minimum atomic E-state index is 0.792. The van der Waals surface area contributed by atoms with Crippen molar-refractivity contribution in [1.82, 2.24) is 14.8 Å². The molecule has 0 radical (unpaired) electrons. The van der Waals surface area contributed by atoms with Crippen molar-refractivity contribution >= 4 is 0 Å². The van der Waals surface area contributed by atoms with E-state index in [0.717, 1.165) is 12.2 Å². The molecule has 0 spiro atoms. The Hall–Kier alpha value is -1.58. The molecule has 0 N–H and O–H groups in total. The molecule has 2 rings (SSSR count). The number of imidazole rings is 1. The minimum absolute atomic E-state index is 0.792. The van der Waals surface area contributed by atoms with E-state index in [0.29, 0.717) is 0 Å². The molecular weight excluding hydrogens is 152 g/mol. The van der Waals surface area contributed by atoms with Crippen LogP contribution in [0.2, 0.25) is 0 Å². The SMILES string of the molecule is C[n+]1ccn(Cc2cc[n-]n2)c1. The number of aromatic nitrogens is 4. The molecule has 0 aromatic carbocycles. The number of aryl methyl sites for hydroxylation is 1. The second-order valence-corrected chi connectivity index (χ2v) is 2.77. The highest BCUT2D eigenvalue weighted by atomic mass is 15.1. The Morgan fingerprint density at radius 2 is 2.58 bits per heavy atom. The van der Waals surface area contributed by atoms with Crippen LogP contribution in [0.3, 0.4) is 0 Å². The van der Waals surface area contributed by atoms with Crippen molar-refractivity contribution in [3.05, 3.63) is 36.7 Å². The molecule has 4 heteroatoms. The average Bonchev–Trinajstić information content (AvgIpc) is 2.63. The third-order valence-corrected chi connectivity index (χ3v) is 1.69. The zero-order chi connectivity index (χ0) is 8.39. The molecule has 4 nitrogen and oxygen atoms in total. The lowest BCUT2D eigenvalue weighted by atomic mass is 10.4. The van der Waals surface area contributed by atoms with Gasteiger partial charge in [-0.2, -0.15) is 6.20 Å². The molecule has 0 atom stereocenters. The van der Waals surface area contributed by atoms with E-state index in [-0.39, 0.29) is 0 Å². The summed E-state index contributed by atoms with van der Waals surface area (Å²) in [5.41, 5.74) is 0.992. The predicted octanol–water partition coefficient (Wildman–Crippen LogP) is -0.287. The molecule has 0 bridgehead atoms. The van der Waals surface area contributed by atoms with Crippen LogP contribution in [0, 0.1) is 0 Å². The molecular formula is C8H10N4. The molecule has 0 saturated heterocycles. The Labute approximate surface area is 70.5 Å². The number of hydrogen-bond acceptors (Lipinski definition) is 1. The van der Waals surface area contributed by atoms with Crippen molar-refractivity contribution in [2.45, 2.75) is 6.54 Å². The summed E-state index contributed by atoms with van der Waals surface area (Å²) < 4.78 is 4.06. The molecule has 0 aliphatic rings. The Bertz CT molecular complexity index is 347. The molecule has 0 unspecified atom stereocenters. The van der Waals surface area contributed by atoms with Gasteiger partial charge in [0.25, 0.3) is 0 Å². The topological polar surface area (TPSA) is 35.8 Å². The summed E-state index contributed by atoms with van der Waals surface area (Å²) in [5, 5.41) is 7.70. The maximum atomic E-state index is 3.94. The quantitative estimate of drug-likeness (QED) is 0.569. The van der Waals surface area contributed by atoms with Crippen LogP contribution in [0.15, 0.2) is 31.0 Å². The van der Waals surface area contributed by atoms with Crippen LogP contribution in [0.1, 0.15) is 5.69 Å². The van der Waals surface area contributed by atoms with Gasteiger partial charge in [-0.05, 0) is 0 Å². The molecule has 12 heavy (non-hydrogen) atoms. The summed E-state index contributed by atoms with van der Waals surface area (Å²) >= 11 is 0. The van der Waals surface area contributed by atoms with Crippen LogP contribution >= 0.6 is 0 Å². The molecule has 2 heterocycles. The Kier molecular flexibility index (Phi) is 1.66. The zero-order valence-corrected chi connectivity index (χ0v) is 6.88. The van der Waals surface area contributed by atoms with Gasteiger partial charge in [-0.25, -0.2) is 9.13 Å². The van der Waals surface area contributed by atoms with Gasteiger partial charge in [0.15, 0.2) is 0 Å². The minimum Gasteiger partial charge on any atom is -0.581 e. The lowest BCUT2D eigenvalue weighted by molar-refractivity contribution is -0.671. The molecule has 0 fully saturated rings. The van der Waals surface area contributed by atoms with Crippen molar-refractivity contribution in [3.63, 3.8) is 0 Å². The standard InChI is InChI=1S/C8H10N4/c1-11-4-5-12(7-11)6-8-2-3-9-10-8/h2-5,7H,6H2,1H3. The summed E-state index contributed by atoms with van der Waals surface area (Å²) in [5.74, 6) is 0. The van der Waals surface area contributed by atoms with Crippen molar-refractivity contribution < 1.29 is 4.57 Å². The van der Waals surface area contributed by atoms with Gasteiger partial charge in [0.05, 0.1) is 12.7 Å². The maximum Gasteiger partial charge on any atom is 0.243 e. The van der Waals surface area contributed by atoms with Crippen LogP contribution in [0.25, 0.3) is 0 Å². The summed E-state index contributed by atoms with van der Waals surface area (Å²) in [6, 6.07) is 1.92. The second-order valence-electron chi connectivity index (χ2n) is 2.77. The Balaban J connectivity index is 2.14. The first-order valence-electron chi connectivity index (χ1n) is 3.79. The second kappa shape index (κ2) is 2.81. The highest BCUT2D eigenvalue weighted by molar-refractivity contribution is 4.97. The van der Waals surface area contributed by atoms with Gasteiger partial charge in [-0.3, -0.25) is 0 Å². The summed E-state index contributed by atoms with van der Waals surface area (Å²) in [7, 11) is 1.99. The average molecular weight is 162 g/mol. The molecule has 2 aromatic rings. The Morgan fingerprint density at radius 3 is 3.17 bits per heavy atom. The Morgan fingerprint density at radius 1 is 1.67 bits per heavy atom. The van der Waals surface area contributed by atoms with Crippen LogP contribution in [0.4, 0.5) is 0 Å². The largest absolute Gasteiger partial charge is 0.581 e. The first-order valence-corrected chi connectivity index (χ1v) is 3.79. The zero-order valence-electron chi connectivity index (χ0n) is 6.88. The highest BCUT2D eigenvalue weighted by Crippen LogP contribution is 1.94. The van der Waals surface area contributed by atoms with Crippen LogP contribution < -0.4 is 9.67 Å². The van der Waals surface area contributed by atoms with E-state index in [4.69, 9.17) is 0 Å². The van der Waals surface area contributed by atoms with E-state index in [2.05, 4.69) is 14.8 Å². The van der Waals surface area contributed by atoms with E-state index >= 15 is 0 Å². The lowest BCUT2D eigenvalue weighted by Crippen LogP contribution is -2.23. The van der Waals surface area contributed by atoms with E-state index in [1.807, 2.05) is 36.4 Å². The summed E-state index contributed by atoms with van der Waals surface area (Å²) in [4.78, 5) is 0. The van der Waals surface area contributed by atoms with Crippen LogP contribution in [0.5, 0.6) is 0 Å². The van der Waals surface area contributed by atoms with Gasteiger partial charge in [0.2, 0.25) is 6.33 Å². The van der Waals surface area contributed by atoms with Gasteiger partial charge < -0.3 is 10.2 Å². The normalized spacial score (nSPS) is 10.4. The smallest absolute Gasteiger partial charge is 0.243 e. The molecule has 62 valence electrons. The van der Waals surface area contributed by atoms with Gasteiger partial charge in [0.1, 0.15) is 18.9 Å². The van der Waals surface area contributed by atoms with Gasteiger partial charge >= 0.3 is 0 Å². The predicted molar refractivity (Wildman–Crippen MR) is 42.3 cm³/mol. The van der Waals surface area contributed by atoms with E-state index in [1.165, 1.54) is 0 Å². The van der Waals surface area contributed by atoms with Gasteiger partial charge in [0, 0.05) is 0 Å². The molecule has 0 amide bonds. The number of rotatable bonds is 2. The van der Waals surface area contributed by atoms with Crippen molar-refractivity contribution in [3.8, 4) is 0 Å². The first kappa shape index (κ1) is 7.09. The van der Waals surface area contributed by atoms with Crippen LogP contribution in [-0.4, -0.2) is 9.67 Å². The number of hydrogen-bond donors (Lipinski definition) is 0. The first-order chi connectivity index (χ1) is 5.84. The monoisotopic (exact) mass is 162 g/mol. The van der Waals surface area contributed by atoms with Gasteiger partial charge in [-0.1, -0.05) is 6.07 Å². The van der Waals surface area contributed by atoms with E-state index < -0.39 is 0 Å². The van der Waals surface area contributed by atoms with Gasteiger partial charge in [-0.15, -0.1) is 0 Å². The third kappa shape index (κ3) is 1.37. The van der Waals surface area contributed by atoms with Crippen LogP contribution in [-0.2, 0) is 13.6 Å². The van der Waals surface area contributed by atoms with Crippen molar-refractivity contribution in [1.29, 1.82) is 0 Å². The summed E-state index contributed by atoms with van der Waals surface area (Å²) in [6.07, 6.45) is 7.72. The fourth-order valence-corrected chi connectivity index (χ4v) is 1.13. The van der Waals surface area contributed by atoms with Crippen molar-refractivity contribution in [2.24, 2.45) is 7.05 Å². The molecule has 0 aliphatic heterocycles. The van der Waals surface area contributed by atoms with E-state index in [9.17, 15) is 0 Å². The molecule has 2 aromatic heterocycles. The van der Waals surface area contributed by atoms with Crippen molar-refractivity contribution in [2.75, 3.05) is 0 Å². The molecule has 0 saturated carbocycles. The highest BCUT2D eigenvalue weighted by Gasteiger charge is 1.99. The third-order valence-electron chi connectivity index (χ3n) is 1.69. The summed E-state index contributed by atoms with van der Waals surface area (Å²) in [6.45, 7) is 0.792. The maximum absolute atomic E-state index is 3.94. The molecule has 0 aliphatic carbocycles.